The molecule has 0 unspecified atom stereocenters. The van der Waals surface area contributed by atoms with Gasteiger partial charge in [-0.2, -0.15) is 13.2 Å². The fourth-order valence-electron chi connectivity index (χ4n) is 2.83. The minimum atomic E-state index is -4.03. The van der Waals surface area contributed by atoms with Crippen molar-refractivity contribution >= 4 is 21.6 Å². The van der Waals surface area contributed by atoms with Crippen LogP contribution in [0.5, 0.6) is 0 Å². The van der Waals surface area contributed by atoms with E-state index in [1.54, 1.807) is 0 Å². The molecule has 1 aliphatic carbocycles. The second-order valence-electron chi connectivity index (χ2n) is 5.66. The lowest BCUT2D eigenvalue weighted by molar-refractivity contribution is -0.182. The van der Waals surface area contributed by atoms with Gasteiger partial charge in [0.15, 0.2) is 0 Å². The molecule has 112 valence electrons. The third kappa shape index (κ3) is 3.68. The number of anilines is 1. The molecule has 0 atom stereocenters. The van der Waals surface area contributed by atoms with Gasteiger partial charge in [0.25, 0.3) is 0 Å². The summed E-state index contributed by atoms with van der Waals surface area (Å²) in [6, 6.07) is 4.22. The second kappa shape index (κ2) is 5.96. The zero-order valence-electron chi connectivity index (χ0n) is 11.6. The summed E-state index contributed by atoms with van der Waals surface area (Å²) < 4.78 is 38.9. The van der Waals surface area contributed by atoms with Gasteiger partial charge in [0.2, 0.25) is 0 Å². The van der Waals surface area contributed by atoms with Crippen molar-refractivity contribution in [1.82, 2.24) is 0 Å². The molecule has 0 radical (unpaired) electrons. The van der Waals surface area contributed by atoms with Crippen molar-refractivity contribution in [2.45, 2.75) is 51.7 Å². The highest BCUT2D eigenvalue weighted by Gasteiger charge is 2.41. The van der Waals surface area contributed by atoms with Crippen LogP contribution in [0.1, 0.15) is 36.8 Å². The SMILES string of the molecule is Cc1cc(NC2CCC(C(F)(F)F)CC2)cc(C)c1Br. The van der Waals surface area contributed by atoms with E-state index in [9.17, 15) is 13.2 Å². The first-order chi connectivity index (χ1) is 9.27. The molecule has 1 nitrogen and oxygen atoms in total. The van der Waals surface area contributed by atoms with E-state index in [-0.39, 0.29) is 18.9 Å². The molecule has 1 fully saturated rings. The van der Waals surface area contributed by atoms with E-state index >= 15 is 0 Å². The molecule has 20 heavy (non-hydrogen) atoms. The molecule has 0 spiro atoms. The van der Waals surface area contributed by atoms with Gasteiger partial charge in [-0.05, 0) is 62.8 Å². The van der Waals surface area contributed by atoms with Crippen LogP contribution in [0, 0.1) is 19.8 Å². The van der Waals surface area contributed by atoms with Crippen molar-refractivity contribution in [3.05, 3.63) is 27.7 Å². The largest absolute Gasteiger partial charge is 0.391 e. The van der Waals surface area contributed by atoms with Gasteiger partial charge in [0.05, 0.1) is 5.92 Å². The summed E-state index contributed by atoms with van der Waals surface area (Å²) >= 11 is 3.52. The summed E-state index contributed by atoms with van der Waals surface area (Å²) in [6.07, 6.45) is -2.41. The third-order valence-corrected chi connectivity index (χ3v) is 5.25. The average Bonchev–Trinajstić information content (AvgIpc) is 2.35. The zero-order chi connectivity index (χ0) is 14.9. The van der Waals surface area contributed by atoms with E-state index in [1.807, 2.05) is 26.0 Å². The number of nitrogens with one attached hydrogen (secondary N) is 1. The molecule has 0 aromatic heterocycles. The first-order valence-corrected chi connectivity index (χ1v) is 7.66. The van der Waals surface area contributed by atoms with Crippen molar-refractivity contribution in [3.8, 4) is 0 Å². The highest BCUT2D eigenvalue weighted by molar-refractivity contribution is 9.10. The Labute approximate surface area is 126 Å². The Hall–Kier alpha value is -0.710. The first kappa shape index (κ1) is 15.7. The summed E-state index contributed by atoms with van der Waals surface area (Å²) in [5.74, 6) is -1.12. The maximum absolute atomic E-state index is 12.6. The minimum absolute atomic E-state index is 0.147. The summed E-state index contributed by atoms with van der Waals surface area (Å²) in [7, 11) is 0. The third-order valence-electron chi connectivity index (χ3n) is 4.00. The topological polar surface area (TPSA) is 12.0 Å². The summed E-state index contributed by atoms with van der Waals surface area (Å²) in [4.78, 5) is 0. The van der Waals surface area contributed by atoms with E-state index in [2.05, 4.69) is 21.2 Å². The van der Waals surface area contributed by atoms with Crippen molar-refractivity contribution in [1.29, 1.82) is 0 Å². The molecular weight excluding hydrogens is 331 g/mol. The quantitative estimate of drug-likeness (QED) is 0.732. The predicted molar refractivity (Wildman–Crippen MR) is 79.0 cm³/mol. The molecule has 1 N–H and O–H groups in total. The van der Waals surface area contributed by atoms with Crippen LogP contribution < -0.4 is 5.32 Å². The van der Waals surface area contributed by atoms with Crippen LogP contribution in [0.2, 0.25) is 0 Å². The Balaban J connectivity index is 1.96. The summed E-state index contributed by atoms with van der Waals surface area (Å²) in [5.41, 5.74) is 3.27. The molecule has 1 saturated carbocycles. The predicted octanol–water partition coefficient (Wildman–Crippen LogP) is 5.60. The van der Waals surface area contributed by atoms with Crippen LogP contribution in [-0.2, 0) is 0 Å². The van der Waals surface area contributed by atoms with Crippen molar-refractivity contribution < 1.29 is 13.2 Å². The minimum Gasteiger partial charge on any atom is -0.382 e. The van der Waals surface area contributed by atoms with Crippen LogP contribution in [0.4, 0.5) is 18.9 Å². The first-order valence-electron chi connectivity index (χ1n) is 6.87. The summed E-state index contributed by atoms with van der Waals surface area (Å²) in [5, 5.41) is 3.37. The van der Waals surface area contributed by atoms with Crippen LogP contribution in [-0.4, -0.2) is 12.2 Å². The molecule has 1 aromatic rings. The van der Waals surface area contributed by atoms with E-state index in [1.165, 1.54) is 0 Å². The van der Waals surface area contributed by atoms with Gasteiger partial charge in [-0.25, -0.2) is 0 Å². The fourth-order valence-corrected chi connectivity index (χ4v) is 3.06. The molecule has 0 heterocycles. The Morgan fingerprint density at radius 2 is 1.55 bits per heavy atom. The molecule has 1 aromatic carbocycles. The smallest absolute Gasteiger partial charge is 0.382 e. The number of rotatable bonds is 2. The number of halogens is 4. The highest BCUT2D eigenvalue weighted by atomic mass is 79.9. The van der Waals surface area contributed by atoms with Gasteiger partial charge in [-0.3, -0.25) is 0 Å². The Bertz CT molecular complexity index is 453. The number of hydrogen-bond acceptors (Lipinski definition) is 1. The molecule has 0 saturated heterocycles. The van der Waals surface area contributed by atoms with Gasteiger partial charge < -0.3 is 5.32 Å². The van der Waals surface area contributed by atoms with Crippen LogP contribution in [0.3, 0.4) is 0 Å². The van der Waals surface area contributed by atoms with Crippen LogP contribution in [0.25, 0.3) is 0 Å². The summed E-state index contributed by atoms with van der Waals surface area (Å²) in [6.45, 7) is 4.03. The Morgan fingerprint density at radius 1 is 1.05 bits per heavy atom. The van der Waals surface area contributed by atoms with Crippen LogP contribution in [0.15, 0.2) is 16.6 Å². The second-order valence-corrected chi connectivity index (χ2v) is 6.45. The fraction of sp³-hybridized carbons (Fsp3) is 0.600. The molecule has 0 amide bonds. The van der Waals surface area contributed by atoms with E-state index in [4.69, 9.17) is 0 Å². The van der Waals surface area contributed by atoms with Crippen molar-refractivity contribution in [2.75, 3.05) is 5.32 Å². The van der Waals surface area contributed by atoms with Crippen molar-refractivity contribution in [3.63, 3.8) is 0 Å². The number of alkyl halides is 3. The number of aryl methyl sites for hydroxylation is 2. The van der Waals surface area contributed by atoms with Gasteiger partial charge in [0.1, 0.15) is 0 Å². The van der Waals surface area contributed by atoms with Gasteiger partial charge in [0, 0.05) is 16.2 Å². The number of hydrogen-bond donors (Lipinski definition) is 1. The maximum Gasteiger partial charge on any atom is 0.391 e. The normalized spacial score (nSPS) is 23.7. The van der Waals surface area contributed by atoms with E-state index < -0.39 is 12.1 Å². The molecule has 2 rings (SSSR count). The Kier molecular flexibility index (Phi) is 4.67. The van der Waals surface area contributed by atoms with Gasteiger partial charge in [-0.1, -0.05) is 15.9 Å². The number of benzene rings is 1. The molecule has 0 aliphatic heterocycles. The van der Waals surface area contributed by atoms with E-state index in [0.717, 1.165) is 21.3 Å². The van der Waals surface area contributed by atoms with Crippen molar-refractivity contribution in [2.24, 2.45) is 5.92 Å². The monoisotopic (exact) mass is 349 g/mol. The lowest BCUT2D eigenvalue weighted by Gasteiger charge is -2.31. The molecule has 1 aliphatic rings. The molecule has 5 heteroatoms. The van der Waals surface area contributed by atoms with Crippen LogP contribution >= 0.6 is 15.9 Å². The molecular formula is C15H19BrF3N. The maximum atomic E-state index is 12.6. The molecule has 0 bridgehead atoms. The lowest BCUT2D eigenvalue weighted by Crippen LogP contribution is -2.32. The van der Waals surface area contributed by atoms with Gasteiger partial charge >= 0.3 is 6.18 Å². The average molecular weight is 350 g/mol. The Morgan fingerprint density at radius 3 is 2.00 bits per heavy atom. The van der Waals surface area contributed by atoms with Gasteiger partial charge in [-0.15, -0.1) is 0 Å². The highest BCUT2D eigenvalue weighted by Crippen LogP contribution is 2.38. The standard InChI is InChI=1S/C15H19BrF3N/c1-9-7-13(8-10(2)14(9)16)20-12-5-3-11(4-6-12)15(17,18)19/h7-8,11-12,20H,3-6H2,1-2H3. The lowest BCUT2D eigenvalue weighted by atomic mass is 9.85. The zero-order valence-corrected chi connectivity index (χ0v) is 13.2. The van der Waals surface area contributed by atoms with E-state index in [0.29, 0.717) is 12.8 Å².